The molecule has 0 aliphatic rings. The van der Waals surface area contributed by atoms with Crippen LogP contribution >= 0.6 is 11.6 Å². The molecule has 0 amide bonds. The van der Waals surface area contributed by atoms with Gasteiger partial charge in [-0.25, -0.2) is 4.79 Å². The number of carbonyl (C=O) groups excluding carboxylic acids is 1. The van der Waals surface area contributed by atoms with E-state index in [1.165, 1.54) is 20.3 Å². The number of carbonyl (C=O) groups is 1. The van der Waals surface area contributed by atoms with Crippen molar-refractivity contribution in [3.05, 3.63) is 46.0 Å². The summed E-state index contributed by atoms with van der Waals surface area (Å²) in [5, 5.41) is 0.606. The molecule has 0 N–H and O–H groups in total. The molecule has 2 aromatic rings. The highest BCUT2D eigenvalue weighted by Crippen LogP contribution is 2.39. The maximum Gasteiger partial charge on any atom is 0.347 e. The zero-order chi connectivity index (χ0) is 22.8. The first kappa shape index (κ1) is 24.7. The molecule has 1 unspecified atom stereocenters. The van der Waals surface area contributed by atoms with Gasteiger partial charge in [0.25, 0.3) is 0 Å². The minimum Gasteiger partial charge on any atom is -0.466 e. The molecule has 0 fully saturated rings. The van der Waals surface area contributed by atoms with Crippen LogP contribution in [-0.4, -0.2) is 40.4 Å². The van der Waals surface area contributed by atoms with Crippen LogP contribution in [0.15, 0.2) is 34.0 Å². The molecular formula is C22H27ClO8. The summed E-state index contributed by atoms with van der Waals surface area (Å²) in [7, 11) is 2.92. The van der Waals surface area contributed by atoms with Crippen LogP contribution in [0.4, 0.5) is 0 Å². The van der Waals surface area contributed by atoms with Crippen LogP contribution in [0.2, 0.25) is 5.02 Å². The van der Waals surface area contributed by atoms with Gasteiger partial charge in [0.1, 0.15) is 28.6 Å². The summed E-state index contributed by atoms with van der Waals surface area (Å²) >= 11 is 6.52. The molecule has 1 heterocycles. The number of fused-ring (bicyclic) bond motifs is 1. The maximum atomic E-state index is 12.9. The molecule has 0 saturated carbocycles. The first-order valence-electron chi connectivity index (χ1n) is 9.79. The van der Waals surface area contributed by atoms with Crippen LogP contribution in [0.5, 0.6) is 11.5 Å². The van der Waals surface area contributed by atoms with E-state index in [0.717, 1.165) is 0 Å². The Morgan fingerprint density at radius 1 is 1.19 bits per heavy atom. The Morgan fingerprint density at radius 3 is 2.48 bits per heavy atom. The standard InChI is InChI=1S/C22H27ClO8/c1-5-7-8-9-14(21(24)28-6-2)16-10-15-19(22(25)31-16)17(29-12-26-3)11-18(20(15)23)30-13-27-4/h5,10-11,14H,1,6-9,12-13H2,2-4H3. The van der Waals surface area contributed by atoms with E-state index in [0.29, 0.717) is 24.6 Å². The van der Waals surface area contributed by atoms with Crippen LogP contribution in [0, 0.1) is 0 Å². The molecule has 8 nitrogen and oxygen atoms in total. The summed E-state index contributed by atoms with van der Waals surface area (Å²) in [6.07, 6.45) is 3.55. The lowest BCUT2D eigenvalue weighted by Gasteiger charge is -2.17. The van der Waals surface area contributed by atoms with E-state index in [9.17, 15) is 9.59 Å². The summed E-state index contributed by atoms with van der Waals surface area (Å²) in [5.41, 5.74) is -0.697. The van der Waals surface area contributed by atoms with Crippen LogP contribution in [-0.2, 0) is 19.0 Å². The molecule has 31 heavy (non-hydrogen) atoms. The molecule has 0 bridgehead atoms. The molecule has 0 spiro atoms. The van der Waals surface area contributed by atoms with E-state index >= 15 is 0 Å². The molecule has 0 aliphatic heterocycles. The molecule has 0 saturated heterocycles. The minimum atomic E-state index is -0.764. The van der Waals surface area contributed by atoms with E-state index in [1.807, 2.05) is 0 Å². The van der Waals surface area contributed by atoms with Gasteiger partial charge in [-0.3, -0.25) is 4.79 Å². The fraction of sp³-hybridized carbons (Fsp3) is 0.455. The molecule has 9 heteroatoms. The van der Waals surface area contributed by atoms with Crippen molar-refractivity contribution in [1.82, 2.24) is 0 Å². The average molecular weight is 455 g/mol. The van der Waals surface area contributed by atoms with Crippen molar-refractivity contribution in [2.24, 2.45) is 0 Å². The largest absolute Gasteiger partial charge is 0.466 e. The van der Waals surface area contributed by atoms with E-state index < -0.39 is 17.5 Å². The highest BCUT2D eigenvalue weighted by Gasteiger charge is 2.27. The van der Waals surface area contributed by atoms with Gasteiger partial charge in [0.2, 0.25) is 0 Å². The number of methoxy groups -OCH3 is 2. The first-order chi connectivity index (χ1) is 15.0. The molecule has 1 aromatic carbocycles. The van der Waals surface area contributed by atoms with Crippen molar-refractivity contribution < 1.29 is 32.9 Å². The first-order valence-corrected chi connectivity index (χ1v) is 10.2. The quantitative estimate of drug-likeness (QED) is 0.190. The third-order valence-electron chi connectivity index (χ3n) is 4.41. The predicted octanol–water partition coefficient (Wildman–Crippen LogP) is 4.41. The van der Waals surface area contributed by atoms with Gasteiger partial charge in [-0.15, -0.1) is 6.58 Å². The van der Waals surface area contributed by atoms with E-state index in [1.54, 1.807) is 19.1 Å². The molecule has 0 radical (unpaired) electrons. The van der Waals surface area contributed by atoms with Crippen molar-refractivity contribution >= 4 is 28.3 Å². The number of unbranched alkanes of at least 4 members (excludes halogenated alkanes) is 1. The Bertz CT molecular complexity index is 953. The molecule has 1 aromatic heterocycles. The second-order valence-corrected chi connectivity index (χ2v) is 6.92. The Kier molecular flexibility index (Phi) is 9.84. The Labute approximate surface area is 185 Å². The fourth-order valence-corrected chi connectivity index (χ4v) is 3.28. The highest BCUT2D eigenvalue weighted by molar-refractivity contribution is 6.37. The zero-order valence-corrected chi connectivity index (χ0v) is 18.7. The second kappa shape index (κ2) is 12.3. The summed E-state index contributed by atoms with van der Waals surface area (Å²) < 4.78 is 31.6. The van der Waals surface area contributed by atoms with Crippen LogP contribution in [0.1, 0.15) is 37.9 Å². The number of esters is 1. The second-order valence-electron chi connectivity index (χ2n) is 6.54. The number of benzene rings is 1. The van der Waals surface area contributed by atoms with Crippen LogP contribution in [0.3, 0.4) is 0 Å². The number of hydrogen-bond donors (Lipinski definition) is 0. The van der Waals surface area contributed by atoms with Crippen molar-refractivity contribution in [3.8, 4) is 11.5 Å². The van der Waals surface area contributed by atoms with E-state index in [2.05, 4.69) is 6.58 Å². The van der Waals surface area contributed by atoms with Crippen molar-refractivity contribution in [2.75, 3.05) is 34.4 Å². The molecule has 1 atom stereocenters. The lowest BCUT2D eigenvalue weighted by atomic mass is 9.97. The summed E-state index contributed by atoms with van der Waals surface area (Å²) in [6.45, 7) is 5.45. The Hall–Kier alpha value is -2.55. The van der Waals surface area contributed by atoms with E-state index in [-0.39, 0.29) is 47.9 Å². The van der Waals surface area contributed by atoms with Crippen molar-refractivity contribution in [3.63, 3.8) is 0 Å². The van der Waals surface area contributed by atoms with Gasteiger partial charge >= 0.3 is 11.6 Å². The molecule has 2 rings (SSSR count). The topological polar surface area (TPSA) is 93.4 Å². The van der Waals surface area contributed by atoms with Crippen molar-refractivity contribution in [1.29, 1.82) is 0 Å². The fourth-order valence-electron chi connectivity index (χ4n) is 3.03. The van der Waals surface area contributed by atoms with Gasteiger partial charge in [-0.1, -0.05) is 17.7 Å². The molecule has 170 valence electrons. The Balaban J connectivity index is 2.64. The number of ether oxygens (including phenoxy) is 5. The zero-order valence-electron chi connectivity index (χ0n) is 17.9. The van der Waals surface area contributed by atoms with Crippen molar-refractivity contribution in [2.45, 2.75) is 32.1 Å². The summed E-state index contributed by atoms with van der Waals surface area (Å²) in [4.78, 5) is 25.5. The molecular weight excluding hydrogens is 428 g/mol. The van der Waals surface area contributed by atoms with Crippen LogP contribution in [0.25, 0.3) is 10.8 Å². The van der Waals surface area contributed by atoms with Gasteiger partial charge in [-0.05, 0) is 32.3 Å². The van der Waals surface area contributed by atoms with Crippen LogP contribution < -0.4 is 15.1 Å². The number of hydrogen-bond acceptors (Lipinski definition) is 8. The van der Waals surface area contributed by atoms with Gasteiger partial charge in [0.15, 0.2) is 13.6 Å². The van der Waals surface area contributed by atoms with Gasteiger partial charge in [0.05, 0.1) is 11.6 Å². The SMILES string of the molecule is C=CCCCC(C(=O)OCC)c1cc2c(Cl)c(OCOC)cc(OCOC)c2c(=O)o1. The average Bonchev–Trinajstić information content (AvgIpc) is 2.75. The third kappa shape index (κ3) is 6.22. The normalized spacial score (nSPS) is 11.9. The summed E-state index contributed by atoms with van der Waals surface area (Å²) in [5.74, 6) is -0.665. The number of allylic oxidation sites excluding steroid dienone is 1. The third-order valence-corrected chi connectivity index (χ3v) is 4.80. The lowest BCUT2D eigenvalue weighted by Crippen LogP contribution is -2.18. The smallest absolute Gasteiger partial charge is 0.347 e. The predicted molar refractivity (Wildman–Crippen MR) is 116 cm³/mol. The van der Waals surface area contributed by atoms with Gasteiger partial charge in [0, 0.05) is 25.7 Å². The highest BCUT2D eigenvalue weighted by atomic mass is 35.5. The Morgan fingerprint density at radius 2 is 1.87 bits per heavy atom. The maximum absolute atomic E-state index is 12.9. The summed E-state index contributed by atoms with van der Waals surface area (Å²) in [6, 6.07) is 3.01. The lowest BCUT2D eigenvalue weighted by molar-refractivity contribution is -0.145. The number of rotatable bonds is 13. The van der Waals surface area contributed by atoms with E-state index in [4.69, 9.17) is 39.7 Å². The van der Waals surface area contributed by atoms with Gasteiger partial charge in [-0.2, -0.15) is 0 Å². The minimum absolute atomic E-state index is 0.0593. The van der Waals surface area contributed by atoms with Gasteiger partial charge < -0.3 is 28.1 Å². The number of halogens is 1. The monoisotopic (exact) mass is 454 g/mol. The molecule has 0 aliphatic carbocycles.